The molecule has 5 aromatic rings. The molecule has 0 aliphatic carbocycles. The minimum absolute atomic E-state index is 0.0329. The molecule has 3 heterocycles. The molecular formula is C24H15N5O3. The first kappa shape index (κ1) is 19.3. The van der Waals surface area contributed by atoms with E-state index in [0.29, 0.717) is 34.6 Å². The first-order valence-electron chi connectivity index (χ1n) is 9.75. The van der Waals surface area contributed by atoms with Crippen LogP contribution in [-0.2, 0) is 0 Å². The van der Waals surface area contributed by atoms with Crippen LogP contribution in [0.3, 0.4) is 0 Å². The van der Waals surface area contributed by atoms with Crippen molar-refractivity contribution in [3.63, 3.8) is 0 Å². The predicted octanol–water partition coefficient (Wildman–Crippen LogP) is 4.87. The lowest BCUT2D eigenvalue weighted by molar-refractivity contribution is -0.384. The molecule has 8 nitrogen and oxygen atoms in total. The van der Waals surface area contributed by atoms with E-state index in [1.165, 1.54) is 12.1 Å². The van der Waals surface area contributed by atoms with Crippen LogP contribution in [0.4, 0.5) is 5.69 Å². The number of rotatable bonds is 5. The van der Waals surface area contributed by atoms with E-state index in [-0.39, 0.29) is 5.69 Å². The topological polar surface area (TPSA) is 104 Å². The highest BCUT2D eigenvalue weighted by atomic mass is 16.6. The fourth-order valence-corrected chi connectivity index (χ4v) is 3.55. The summed E-state index contributed by atoms with van der Waals surface area (Å²) in [4.78, 5) is 31.4. The second-order valence-corrected chi connectivity index (χ2v) is 7.08. The van der Waals surface area contributed by atoms with Crippen molar-refractivity contribution >= 4 is 23.0 Å². The molecule has 2 aromatic carbocycles. The van der Waals surface area contributed by atoms with Gasteiger partial charge in [-0.3, -0.25) is 14.9 Å². The molecule has 8 heteroatoms. The summed E-state index contributed by atoms with van der Waals surface area (Å²) >= 11 is 0. The number of hydrogen-bond donors (Lipinski definition) is 0. The number of non-ortho nitro benzene ring substituents is 1. The zero-order valence-electron chi connectivity index (χ0n) is 16.6. The molecule has 0 aliphatic rings. The molecule has 0 saturated carbocycles. The highest BCUT2D eigenvalue weighted by Crippen LogP contribution is 2.30. The van der Waals surface area contributed by atoms with E-state index in [9.17, 15) is 14.9 Å². The van der Waals surface area contributed by atoms with Crippen LogP contribution in [0.15, 0.2) is 85.2 Å². The van der Waals surface area contributed by atoms with E-state index in [2.05, 4.69) is 10.1 Å². The van der Waals surface area contributed by atoms with Crippen LogP contribution in [0.1, 0.15) is 10.4 Å². The van der Waals surface area contributed by atoms with Gasteiger partial charge in [0, 0.05) is 41.0 Å². The maximum Gasteiger partial charge on any atom is 0.269 e. The van der Waals surface area contributed by atoms with Crippen LogP contribution >= 0.6 is 0 Å². The third-order valence-electron chi connectivity index (χ3n) is 5.09. The largest absolute Gasteiger partial charge is 0.298 e. The number of aldehydes is 1. The Balaban J connectivity index is 1.70. The standard InChI is InChI=1S/C24H15N5O3/c30-15-19-14-28(27-22(19)17-8-10-20(11-9-17)29(31)32)24-21(16-5-2-1-3-6-16)13-18-7-4-12-25-23(18)26-24/h1-15H. The zero-order valence-corrected chi connectivity index (χ0v) is 16.6. The van der Waals surface area contributed by atoms with E-state index in [1.54, 1.807) is 29.2 Å². The minimum atomic E-state index is -0.471. The van der Waals surface area contributed by atoms with Crippen LogP contribution in [0, 0.1) is 10.1 Å². The summed E-state index contributed by atoms with van der Waals surface area (Å²) in [7, 11) is 0. The second kappa shape index (κ2) is 7.84. The highest BCUT2D eigenvalue weighted by molar-refractivity contribution is 5.87. The maximum atomic E-state index is 11.8. The molecule has 0 aliphatic heterocycles. The second-order valence-electron chi connectivity index (χ2n) is 7.08. The number of nitro benzene ring substituents is 1. The Morgan fingerprint density at radius 1 is 0.938 bits per heavy atom. The fourth-order valence-electron chi connectivity index (χ4n) is 3.55. The van der Waals surface area contributed by atoms with Gasteiger partial charge in [0.15, 0.2) is 17.8 Å². The van der Waals surface area contributed by atoms with Gasteiger partial charge < -0.3 is 0 Å². The van der Waals surface area contributed by atoms with E-state index >= 15 is 0 Å². The molecule has 0 amide bonds. The maximum absolute atomic E-state index is 11.8. The molecule has 0 radical (unpaired) electrons. The number of fused-ring (bicyclic) bond motifs is 1. The van der Waals surface area contributed by atoms with Crippen molar-refractivity contribution in [3.05, 3.63) is 101 Å². The molecule has 0 unspecified atom stereocenters. The van der Waals surface area contributed by atoms with Gasteiger partial charge in [-0.15, -0.1) is 0 Å². The van der Waals surface area contributed by atoms with E-state index in [1.807, 2.05) is 48.5 Å². The van der Waals surface area contributed by atoms with E-state index < -0.39 is 4.92 Å². The summed E-state index contributed by atoms with van der Waals surface area (Å²) in [6.45, 7) is 0. The van der Waals surface area contributed by atoms with Gasteiger partial charge in [0.1, 0.15) is 5.69 Å². The van der Waals surface area contributed by atoms with E-state index in [4.69, 9.17) is 4.98 Å². The van der Waals surface area contributed by atoms with Gasteiger partial charge in [-0.2, -0.15) is 5.10 Å². The number of nitrogens with zero attached hydrogens (tertiary/aromatic N) is 5. The summed E-state index contributed by atoms with van der Waals surface area (Å²) in [5, 5.41) is 16.5. The molecule has 5 rings (SSSR count). The number of nitro groups is 1. The van der Waals surface area contributed by atoms with Crippen molar-refractivity contribution in [2.24, 2.45) is 0 Å². The molecule has 0 spiro atoms. The quantitative estimate of drug-likeness (QED) is 0.228. The summed E-state index contributed by atoms with van der Waals surface area (Å²) in [5.41, 5.74) is 3.66. The van der Waals surface area contributed by atoms with Gasteiger partial charge in [0.05, 0.1) is 10.5 Å². The third-order valence-corrected chi connectivity index (χ3v) is 5.09. The zero-order chi connectivity index (χ0) is 22.1. The van der Waals surface area contributed by atoms with Gasteiger partial charge in [0.25, 0.3) is 5.69 Å². The summed E-state index contributed by atoms with van der Waals surface area (Å²) in [6.07, 6.45) is 3.98. The van der Waals surface area contributed by atoms with Crippen molar-refractivity contribution in [1.29, 1.82) is 0 Å². The fraction of sp³-hybridized carbons (Fsp3) is 0. The molecule has 0 saturated heterocycles. The molecule has 3 aromatic heterocycles. The highest BCUT2D eigenvalue weighted by Gasteiger charge is 2.17. The Kier molecular flexibility index (Phi) is 4.72. The third kappa shape index (κ3) is 3.39. The lowest BCUT2D eigenvalue weighted by Gasteiger charge is -2.10. The molecule has 32 heavy (non-hydrogen) atoms. The first-order valence-corrected chi connectivity index (χ1v) is 9.75. The van der Waals surface area contributed by atoms with Crippen molar-refractivity contribution in [2.45, 2.75) is 0 Å². The Morgan fingerprint density at radius 3 is 2.44 bits per heavy atom. The smallest absolute Gasteiger partial charge is 0.269 e. The lowest BCUT2D eigenvalue weighted by atomic mass is 10.1. The summed E-state index contributed by atoms with van der Waals surface area (Å²) < 4.78 is 1.55. The Hall–Kier alpha value is -4.72. The molecule has 0 N–H and O–H groups in total. The summed E-state index contributed by atoms with van der Waals surface area (Å²) in [6, 6.07) is 21.5. The predicted molar refractivity (Wildman–Crippen MR) is 120 cm³/mol. The number of carbonyl (C=O) groups is 1. The Morgan fingerprint density at radius 2 is 1.72 bits per heavy atom. The molecular weight excluding hydrogens is 406 g/mol. The van der Waals surface area contributed by atoms with Crippen molar-refractivity contribution in [2.75, 3.05) is 0 Å². The number of aromatic nitrogens is 4. The van der Waals surface area contributed by atoms with Crippen LogP contribution in [0.5, 0.6) is 0 Å². The van der Waals surface area contributed by atoms with Gasteiger partial charge in [-0.1, -0.05) is 30.3 Å². The van der Waals surface area contributed by atoms with Crippen LogP contribution in [0.25, 0.3) is 39.2 Å². The van der Waals surface area contributed by atoms with Crippen LogP contribution in [-0.4, -0.2) is 31.0 Å². The molecule has 0 fully saturated rings. The van der Waals surface area contributed by atoms with Gasteiger partial charge in [-0.05, 0) is 35.9 Å². The first-order chi connectivity index (χ1) is 15.6. The number of pyridine rings is 2. The normalized spacial score (nSPS) is 10.9. The van der Waals surface area contributed by atoms with Crippen molar-refractivity contribution < 1.29 is 9.72 Å². The molecule has 0 atom stereocenters. The number of carbonyl (C=O) groups excluding carboxylic acids is 1. The lowest BCUT2D eigenvalue weighted by Crippen LogP contribution is -2.02. The van der Waals surface area contributed by atoms with Crippen LogP contribution in [0.2, 0.25) is 0 Å². The van der Waals surface area contributed by atoms with Crippen molar-refractivity contribution in [1.82, 2.24) is 19.7 Å². The minimum Gasteiger partial charge on any atom is -0.298 e. The van der Waals surface area contributed by atoms with E-state index in [0.717, 1.165) is 16.5 Å². The SMILES string of the molecule is O=Cc1cn(-c2nc3ncccc3cc2-c2ccccc2)nc1-c1ccc([N+](=O)[O-])cc1. The monoisotopic (exact) mass is 421 g/mol. The Labute approximate surface area is 182 Å². The molecule has 0 bridgehead atoms. The summed E-state index contributed by atoms with van der Waals surface area (Å²) in [5.74, 6) is 0.527. The van der Waals surface area contributed by atoms with Gasteiger partial charge >= 0.3 is 0 Å². The average molecular weight is 421 g/mol. The van der Waals surface area contributed by atoms with Crippen LogP contribution < -0.4 is 0 Å². The molecule has 154 valence electrons. The van der Waals surface area contributed by atoms with Crippen molar-refractivity contribution in [3.8, 4) is 28.2 Å². The van der Waals surface area contributed by atoms with Gasteiger partial charge in [-0.25, -0.2) is 14.6 Å². The average Bonchev–Trinajstić information content (AvgIpc) is 3.28. The number of benzene rings is 2. The number of hydrogen-bond acceptors (Lipinski definition) is 6. The van der Waals surface area contributed by atoms with Gasteiger partial charge in [0.2, 0.25) is 0 Å². The Bertz CT molecular complexity index is 1460.